The predicted octanol–water partition coefficient (Wildman–Crippen LogP) is -1.82. The number of nitrogens with one attached hydrogen (secondary N) is 1. The van der Waals surface area contributed by atoms with Crippen LogP contribution < -0.4 is 16.8 Å². The molecule has 0 bridgehead atoms. The number of nitrogens with two attached hydrogens (primary N) is 2. The van der Waals surface area contributed by atoms with E-state index in [1.807, 2.05) is 0 Å². The Morgan fingerprint density at radius 2 is 1.33 bits per heavy atom. The number of carbonyl (C=O) groups is 2. The molecule has 7 N–H and O–H groups in total. The van der Waals surface area contributed by atoms with E-state index in [1.165, 1.54) is 0 Å². The van der Waals surface area contributed by atoms with Gasteiger partial charge in [-0.2, -0.15) is 0 Å². The van der Waals surface area contributed by atoms with Gasteiger partial charge in [-0.3, -0.25) is 9.59 Å². The summed E-state index contributed by atoms with van der Waals surface area (Å²) in [5.74, 6) is -1.96. The molecule has 0 saturated heterocycles. The lowest BCUT2D eigenvalue weighted by atomic mass is 10.1. The molecule has 0 rings (SSSR count). The van der Waals surface area contributed by atoms with Crippen LogP contribution in [0.2, 0.25) is 0 Å². The van der Waals surface area contributed by atoms with Crippen LogP contribution in [0.15, 0.2) is 0 Å². The lowest BCUT2D eigenvalue weighted by Gasteiger charge is -2.21. The fourth-order valence-corrected chi connectivity index (χ4v) is 1.18. The average molecular weight is 219 g/mol. The van der Waals surface area contributed by atoms with E-state index in [1.54, 1.807) is 0 Å². The molecular weight excluding hydrogens is 202 g/mol. The van der Waals surface area contributed by atoms with E-state index >= 15 is 0 Å². The number of carboxylic acids is 2. The van der Waals surface area contributed by atoms with Crippen molar-refractivity contribution < 1.29 is 19.8 Å². The summed E-state index contributed by atoms with van der Waals surface area (Å²) in [4.78, 5) is 20.8. The molecule has 7 heteroatoms. The van der Waals surface area contributed by atoms with Gasteiger partial charge in [-0.25, -0.2) is 0 Å². The molecule has 0 fully saturated rings. The Labute approximate surface area is 87.4 Å². The zero-order valence-electron chi connectivity index (χ0n) is 8.35. The van der Waals surface area contributed by atoms with Gasteiger partial charge in [0.2, 0.25) is 0 Å². The molecule has 0 radical (unpaired) electrons. The Morgan fingerprint density at radius 1 is 1.00 bits per heavy atom. The molecule has 0 aromatic carbocycles. The molecule has 0 amide bonds. The molecule has 0 saturated carbocycles. The van der Waals surface area contributed by atoms with Crippen molar-refractivity contribution in [3.63, 3.8) is 0 Å². The van der Waals surface area contributed by atoms with Crippen molar-refractivity contribution in [3.8, 4) is 0 Å². The SMILES string of the molecule is NCC(CC(=O)O)NC(CN)CC(=O)O. The molecule has 0 aliphatic carbocycles. The lowest BCUT2D eigenvalue weighted by Crippen LogP contribution is -2.48. The zero-order chi connectivity index (χ0) is 11.8. The Kier molecular flexibility index (Phi) is 6.59. The second-order valence-electron chi connectivity index (χ2n) is 3.23. The highest BCUT2D eigenvalue weighted by Gasteiger charge is 2.17. The van der Waals surface area contributed by atoms with Crippen molar-refractivity contribution in [3.05, 3.63) is 0 Å². The van der Waals surface area contributed by atoms with E-state index in [4.69, 9.17) is 21.7 Å². The van der Waals surface area contributed by atoms with Crippen LogP contribution in [-0.2, 0) is 9.59 Å². The highest BCUT2D eigenvalue weighted by Crippen LogP contribution is 1.96. The zero-order valence-corrected chi connectivity index (χ0v) is 8.35. The molecule has 0 aromatic heterocycles. The summed E-state index contributed by atoms with van der Waals surface area (Å²) in [5, 5.41) is 19.9. The monoisotopic (exact) mass is 219 g/mol. The van der Waals surface area contributed by atoms with Gasteiger partial charge in [-0.05, 0) is 0 Å². The summed E-state index contributed by atoms with van der Waals surface area (Å²) in [5.41, 5.74) is 10.7. The largest absolute Gasteiger partial charge is 0.481 e. The Hall–Kier alpha value is -1.18. The van der Waals surface area contributed by atoms with Crippen molar-refractivity contribution in [2.75, 3.05) is 13.1 Å². The molecule has 0 aromatic rings. The first-order valence-corrected chi connectivity index (χ1v) is 4.59. The summed E-state index contributed by atoms with van der Waals surface area (Å²) in [7, 11) is 0. The number of hydrogen-bond donors (Lipinski definition) is 5. The first-order chi connectivity index (χ1) is 6.99. The molecule has 7 nitrogen and oxygen atoms in total. The van der Waals surface area contributed by atoms with Gasteiger partial charge in [-0.1, -0.05) is 0 Å². The summed E-state index contributed by atoms with van der Waals surface area (Å²) >= 11 is 0. The van der Waals surface area contributed by atoms with Gasteiger partial charge in [0.1, 0.15) is 0 Å². The molecule has 0 aliphatic heterocycles. The molecule has 0 spiro atoms. The predicted molar refractivity (Wildman–Crippen MR) is 53.3 cm³/mol. The number of carboxylic acid groups (broad SMARTS) is 2. The quantitative estimate of drug-likeness (QED) is 0.324. The first-order valence-electron chi connectivity index (χ1n) is 4.59. The van der Waals surface area contributed by atoms with Crippen molar-refractivity contribution >= 4 is 11.9 Å². The Morgan fingerprint density at radius 3 is 1.53 bits per heavy atom. The minimum atomic E-state index is -0.982. The van der Waals surface area contributed by atoms with Gasteiger partial charge in [0.05, 0.1) is 12.8 Å². The molecule has 2 unspecified atom stereocenters. The summed E-state index contributed by atoms with van der Waals surface area (Å²) in [6, 6.07) is -0.897. The van der Waals surface area contributed by atoms with Crippen LogP contribution in [0.3, 0.4) is 0 Å². The van der Waals surface area contributed by atoms with Gasteiger partial charge in [0.25, 0.3) is 0 Å². The first kappa shape index (κ1) is 13.8. The highest BCUT2D eigenvalue weighted by atomic mass is 16.4. The Balaban J connectivity index is 4.10. The van der Waals surface area contributed by atoms with Crippen LogP contribution in [0.5, 0.6) is 0 Å². The van der Waals surface area contributed by atoms with E-state index in [0.717, 1.165) is 0 Å². The maximum Gasteiger partial charge on any atom is 0.304 e. The topological polar surface area (TPSA) is 139 Å². The maximum absolute atomic E-state index is 10.4. The van der Waals surface area contributed by atoms with E-state index in [-0.39, 0.29) is 25.9 Å². The summed E-state index contributed by atoms with van der Waals surface area (Å²) < 4.78 is 0. The average Bonchev–Trinajstić information content (AvgIpc) is 2.14. The van der Waals surface area contributed by atoms with Gasteiger partial charge in [0.15, 0.2) is 0 Å². The standard InChI is InChI=1S/C8H17N3O4/c9-3-5(1-7(12)13)11-6(4-10)2-8(14)15/h5-6,11H,1-4,9-10H2,(H,12,13)(H,14,15). The van der Waals surface area contributed by atoms with Crippen LogP contribution >= 0.6 is 0 Å². The normalized spacial score (nSPS) is 14.5. The van der Waals surface area contributed by atoms with Crippen molar-refractivity contribution in [2.24, 2.45) is 11.5 Å². The minimum absolute atomic E-state index is 0.127. The highest BCUT2D eigenvalue weighted by molar-refractivity contribution is 5.68. The Bertz CT molecular complexity index is 200. The van der Waals surface area contributed by atoms with Crippen LogP contribution in [0.1, 0.15) is 12.8 Å². The van der Waals surface area contributed by atoms with Crippen LogP contribution in [-0.4, -0.2) is 47.3 Å². The van der Waals surface area contributed by atoms with Gasteiger partial charge in [0, 0.05) is 25.2 Å². The second kappa shape index (κ2) is 7.16. The number of hydrogen-bond acceptors (Lipinski definition) is 5. The minimum Gasteiger partial charge on any atom is -0.481 e. The third kappa shape index (κ3) is 6.83. The fraction of sp³-hybridized carbons (Fsp3) is 0.750. The third-order valence-corrected chi connectivity index (χ3v) is 1.88. The van der Waals surface area contributed by atoms with Crippen LogP contribution in [0, 0.1) is 0 Å². The van der Waals surface area contributed by atoms with E-state index < -0.39 is 24.0 Å². The van der Waals surface area contributed by atoms with E-state index in [0.29, 0.717) is 0 Å². The number of aliphatic carboxylic acids is 2. The molecule has 0 heterocycles. The van der Waals surface area contributed by atoms with Gasteiger partial charge in [-0.15, -0.1) is 0 Å². The van der Waals surface area contributed by atoms with Crippen molar-refractivity contribution in [1.82, 2.24) is 5.32 Å². The molecule has 15 heavy (non-hydrogen) atoms. The summed E-state index contributed by atoms with van der Waals surface area (Å²) in [6.45, 7) is 0.255. The lowest BCUT2D eigenvalue weighted by molar-refractivity contribution is -0.137. The molecule has 2 atom stereocenters. The van der Waals surface area contributed by atoms with Crippen molar-refractivity contribution in [1.29, 1.82) is 0 Å². The van der Waals surface area contributed by atoms with E-state index in [2.05, 4.69) is 5.32 Å². The molecule has 0 aliphatic rings. The van der Waals surface area contributed by atoms with Crippen LogP contribution in [0.4, 0.5) is 0 Å². The summed E-state index contributed by atoms with van der Waals surface area (Å²) in [6.07, 6.45) is -0.292. The van der Waals surface area contributed by atoms with Gasteiger partial charge < -0.3 is 27.0 Å². The van der Waals surface area contributed by atoms with Crippen LogP contribution in [0.25, 0.3) is 0 Å². The van der Waals surface area contributed by atoms with E-state index in [9.17, 15) is 9.59 Å². The van der Waals surface area contributed by atoms with Gasteiger partial charge >= 0.3 is 11.9 Å². The molecular formula is C8H17N3O4. The third-order valence-electron chi connectivity index (χ3n) is 1.88. The maximum atomic E-state index is 10.4. The second-order valence-corrected chi connectivity index (χ2v) is 3.23. The smallest absolute Gasteiger partial charge is 0.304 e. The number of rotatable bonds is 8. The fourth-order valence-electron chi connectivity index (χ4n) is 1.18. The molecule has 88 valence electrons. The van der Waals surface area contributed by atoms with Crippen molar-refractivity contribution in [2.45, 2.75) is 24.9 Å².